The molecule has 1 N–H and O–H groups in total. The first kappa shape index (κ1) is 19.0. The Morgan fingerprint density at radius 1 is 1.28 bits per heavy atom. The number of amides is 2. The summed E-state index contributed by atoms with van der Waals surface area (Å²) in [7, 11) is 0. The minimum Gasteiger partial charge on any atom is -0.444 e. The van der Waals surface area contributed by atoms with E-state index in [1.165, 1.54) is 4.90 Å². The van der Waals surface area contributed by atoms with Crippen LogP contribution < -0.4 is 5.32 Å². The van der Waals surface area contributed by atoms with Crippen LogP contribution in [0.15, 0.2) is 30.3 Å². The summed E-state index contributed by atoms with van der Waals surface area (Å²) in [5.41, 5.74) is 0.782. The van der Waals surface area contributed by atoms with Crippen LogP contribution in [0.4, 0.5) is 18.0 Å². The van der Waals surface area contributed by atoms with Gasteiger partial charge in [-0.05, 0) is 18.9 Å². The molecule has 2 unspecified atom stereocenters. The first-order valence-corrected chi connectivity index (χ1v) is 7.79. The van der Waals surface area contributed by atoms with Gasteiger partial charge in [-0.25, -0.2) is 4.79 Å². The molecule has 6 nitrogen and oxygen atoms in total. The number of alkyl halides is 3. The van der Waals surface area contributed by atoms with Crippen molar-refractivity contribution >= 4 is 12.0 Å². The quantitative estimate of drug-likeness (QED) is 0.876. The molecule has 0 bridgehead atoms. The number of nitrogens with zero attached hydrogens (tertiary/aromatic N) is 1. The molecular weight excluding hydrogens is 341 g/mol. The number of carbonyl (C=O) groups excluding carboxylic acids is 2. The Hall–Kier alpha value is -2.29. The number of hydrogen-bond donors (Lipinski definition) is 1. The average Bonchev–Trinajstić information content (AvgIpc) is 2.96. The Labute approximate surface area is 142 Å². The van der Waals surface area contributed by atoms with Gasteiger partial charge in [0.25, 0.3) is 0 Å². The number of hydrogen-bond acceptors (Lipinski definition) is 4. The lowest BCUT2D eigenvalue weighted by Crippen LogP contribution is -2.51. The minimum atomic E-state index is -4.99. The maximum absolute atomic E-state index is 12.4. The summed E-state index contributed by atoms with van der Waals surface area (Å²) in [4.78, 5) is 24.5. The van der Waals surface area contributed by atoms with Gasteiger partial charge in [-0.3, -0.25) is 9.69 Å². The Balaban J connectivity index is 1.97. The molecule has 1 heterocycles. The molecule has 0 radical (unpaired) electrons. The largest absolute Gasteiger partial charge is 0.471 e. The summed E-state index contributed by atoms with van der Waals surface area (Å²) in [5.74, 6) is -2.05. The highest BCUT2D eigenvalue weighted by Crippen LogP contribution is 2.23. The summed E-state index contributed by atoms with van der Waals surface area (Å²) in [6.07, 6.45) is -6.55. The van der Waals surface area contributed by atoms with Gasteiger partial charge in [-0.2, -0.15) is 13.2 Å². The van der Waals surface area contributed by atoms with Crippen molar-refractivity contribution in [3.05, 3.63) is 35.9 Å². The van der Waals surface area contributed by atoms with E-state index in [1.54, 1.807) is 31.2 Å². The number of benzene rings is 1. The van der Waals surface area contributed by atoms with Crippen LogP contribution in [0.1, 0.15) is 18.9 Å². The lowest BCUT2D eigenvalue weighted by atomic mass is 10.2. The molecule has 25 heavy (non-hydrogen) atoms. The maximum atomic E-state index is 12.4. The molecule has 1 aliphatic rings. The second kappa shape index (κ2) is 8.19. The predicted molar refractivity (Wildman–Crippen MR) is 81.3 cm³/mol. The fourth-order valence-electron chi connectivity index (χ4n) is 2.53. The van der Waals surface area contributed by atoms with E-state index in [-0.39, 0.29) is 26.2 Å². The van der Waals surface area contributed by atoms with Gasteiger partial charge < -0.3 is 14.8 Å². The van der Waals surface area contributed by atoms with Crippen molar-refractivity contribution in [2.24, 2.45) is 0 Å². The Morgan fingerprint density at radius 2 is 1.96 bits per heavy atom. The van der Waals surface area contributed by atoms with Crippen LogP contribution in [0.2, 0.25) is 0 Å². The first-order valence-electron chi connectivity index (χ1n) is 7.79. The molecule has 0 spiro atoms. The highest BCUT2D eigenvalue weighted by molar-refractivity contribution is 5.82. The highest BCUT2D eigenvalue weighted by atomic mass is 19.4. The van der Waals surface area contributed by atoms with E-state index in [0.29, 0.717) is 0 Å². The SMILES string of the molecule is CCOC1C(NC(=O)C(F)(F)F)CCN1C(=O)OCc1ccccc1. The molecule has 9 heteroatoms. The zero-order chi connectivity index (χ0) is 18.4. The van der Waals surface area contributed by atoms with Crippen molar-refractivity contribution in [1.29, 1.82) is 0 Å². The van der Waals surface area contributed by atoms with Crippen LogP contribution in [-0.4, -0.2) is 48.5 Å². The van der Waals surface area contributed by atoms with E-state index in [0.717, 1.165) is 5.56 Å². The number of halogens is 3. The summed E-state index contributed by atoms with van der Waals surface area (Å²) < 4.78 is 47.8. The molecule has 2 amide bonds. The van der Waals surface area contributed by atoms with Crippen molar-refractivity contribution in [2.45, 2.75) is 38.4 Å². The van der Waals surface area contributed by atoms with Gasteiger partial charge in [0.2, 0.25) is 0 Å². The van der Waals surface area contributed by atoms with Crippen molar-refractivity contribution in [3.8, 4) is 0 Å². The fraction of sp³-hybridized carbons (Fsp3) is 0.500. The molecule has 0 aliphatic carbocycles. The Bertz CT molecular complexity index is 595. The monoisotopic (exact) mass is 360 g/mol. The predicted octanol–water partition coefficient (Wildman–Crippen LogP) is 2.44. The third kappa shape index (κ3) is 5.09. The first-order chi connectivity index (χ1) is 11.8. The molecule has 138 valence electrons. The molecule has 2 atom stereocenters. The molecule has 1 fully saturated rings. The fourth-order valence-corrected chi connectivity index (χ4v) is 2.53. The number of carbonyl (C=O) groups is 2. The van der Waals surface area contributed by atoms with Crippen molar-refractivity contribution in [2.75, 3.05) is 13.2 Å². The zero-order valence-corrected chi connectivity index (χ0v) is 13.6. The Kier molecular flexibility index (Phi) is 6.24. The standard InChI is InChI=1S/C16H19F3N2O4/c1-2-24-13-12(20-14(22)16(17,18)19)8-9-21(13)15(23)25-10-11-6-4-3-5-7-11/h3-7,12-13H,2,8-10H2,1H3,(H,20,22). The average molecular weight is 360 g/mol. The van der Waals surface area contributed by atoms with E-state index in [2.05, 4.69) is 0 Å². The molecular formula is C16H19F3N2O4. The van der Waals surface area contributed by atoms with Crippen LogP contribution >= 0.6 is 0 Å². The Morgan fingerprint density at radius 3 is 2.56 bits per heavy atom. The van der Waals surface area contributed by atoms with Crippen LogP contribution in [0.25, 0.3) is 0 Å². The second-order valence-electron chi connectivity index (χ2n) is 5.45. The van der Waals surface area contributed by atoms with Gasteiger partial charge in [0.1, 0.15) is 6.61 Å². The minimum absolute atomic E-state index is 0.0363. The smallest absolute Gasteiger partial charge is 0.444 e. The lowest BCUT2D eigenvalue weighted by Gasteiger charge is -2.27. The molecule has 1 aromatic rings. The van der Waals surface area contributed by atoms with Gasteiger partial charge in [-0.15, -0.1) is 0 Å². The maximum Gasteiger partial charge on any atom is 0.471 e. The summed E-state index contributed by atoms with van der Waals surface area (Å²) in [6, 6.07) is 8.03. The molecule has 2 rings (SSSR count). The van der Waals surface area contributed by atoms with E-state index in [1.807, 2.05) is 11.4 Å². The van der Waals surface area contributed by atoms with E-state index in [4.69, 9.17) is 9.47 Å². The number of likely N-dealkylation sites (tertiary alicyclic amines) is 1. The zero-order valence-electron chi connectivity index (χ0n) is 13.6. The third-order valence-corrected chi connectivity index (χ3v) is 3.68. The van der Waals surface area contributed by atoms with Gasteiger partial charge in [-0.1, -0.05) is 30.3 Å². The third-order valence-electron chi connectivity index (χ3n) is 3.68. The van der Waals surface area contributed by atoms with Gasteiger partial charge >= 0.3 is 18.2 Å². The van der Waals surface area contributed by atoms with E-state index < -0.39 is 30.4 Å². The van der Waals surface area contributed by atoms with Crippen LogP contribution in [0.5, 0.6) is 0 Å². The highest BCUT2D eigenvalue weighted by Gasteiger charge is 2.45. The topological polar surface area (TPSA) is 67.9 Å². The van der Waals surface area contributed by atoms with Crippen LogP contribution in [0.3, 0.4) is 0 Å². The summed E-state index contributed by atoms with van der Waals surface area (Å²) in [5, 5.41) is 1.87. The number of nitrogens with one attached hydrogen (secondary N) is 1. The summed E-state index contributed by atoms with van der Waals surface area (Å²) >= 11 is 0. The molecule has 0 saturated carbocycles. The summed E-state index contributed by atoms with van der Waals surface area (Å²) in [6.45, 7) is 1.98. The molecule has 0 aromatic heterocycles. The molecule has 1 aliphatic heterocycles. The normalized spacial score (nSPS) is 20.4. The van der Waals surface area contributed by atoms with E-state index in [9.17, 15) is 22.8 Å². The number of rotatable bonds is 5. The number of ether oxygens (including phenoxy) is 2. The van der Waals surface area contributed by atoms with Gasteiger partial charge in [0.15, 0.2) is 6.23 Å². The van der Waals surface area contributed by atoms with Gasteiger partial charge in [0.05, 0.1) is 6.04 Å². The van der Waals surface area contributed by atoms with Crippen molar-refractivity contribution < 1.29 is 32.2 Å². The molecule has 1 saturated heterocycles. The van der Waals surface area contributed by atoms with Crippen molar-refractivity contribution in [1.82, 2.24) is 10.2 Å². The lowest BCUT2D eigenvalue weighted by molar-refractivity contribution is -0.175. The molecule has 1 aromatic carbocycles. The van der Waals surface area contributed by atoms with E-state index >= 15 is 0 Å². The van der Waals surface area contributed by atoms with Crippen molar-refractivity contribution in [3.63, 3.8) is 0 Å². The second-order valence-corrected chi connectivity index (χ2v) is 5.45. The van der Waals surface area contributed by atoms with Gasteiger partial charge in [0, 0.05) is 13.2 Å². The van der Waals surface area contributed by atoms with Crippen LogP contribution in [-0.2, 0) is 20.9 Å². The van der Waals surface area contributed by atoms with Crippen LogP contribution in [0, 0.1) is 0 Å².